The Morgan fingerprint density at radius 2 is 1.89 bits per heavy atom. The van der Waals surface area contributed by atoms with Crippen molar-refractivity contribution in [3.8, 4) is 11.3 Å². The molecule has 2 aromatic heterocycles. The van der Waals surface area contributed by atoms with E-state index in [1.807, 2.05) is 13.0 Å². The van der Waals surface area contributed by atoms with Crippen molar-refractivity contribution in [1.82, 2.24) is 9.97 Å². The van der Waals surface area contributed by atoms with E-state index in [0.717, 1.165) is 12.1 Å². The predicted molar refractivity (Wildman–Crippen MR) is 92.4 cm³/mol. The minimum absolute atomic E-state index is 0.164. The Kier molecular flexibility index (Phi) is 5.24. The van der Waals surface area contributed by atoms with Gasteiger partial charge in [-0.1, -0.05) is 0 Å². The number of aromatic nitrogens is 2. The summed E-state index contributed by atoms with van der Waals surface area (Å²) in [6, 6.07) is 3.45. The molecule has 0 amide bonds. The van der Waals surface area contributed by atoms with E-state index >= 15 is 0 Å². The number of aryl methyl sites for hydroxylation is 2. The van der Waals surface area contributed by atoms with E-state index in [1.54, 1.807) is 13.0 Å². The lowest BCUT2D eigenvalue weighted by Gasteiger charge is -2.38. The first-order valence-corrected chi connectivity index (χ1v) is 8.52. The van der Waals surface area contributed by atoms with E-state index in [1.165, 1.54) is 7.11 Å². The fourth-order valence-corrected chi connectivity index (χ4v) is 3.50. The maximum atomic E-state index is 13.3. The third-order valence-electron chi connectivity index (χ3n) is 4.52. The molecule has 1 N–H and O–H groups in total. The van der Waals surface area contributed by atoms with Crippen molar-refractivity contribution < 1.29 is 33.4 Å². The summed E-state index contributed by atoms with van der Waals surface area (Å²) in [5.41, 5.74) is 3.47. The van der Waals surface area contributed by atoms with E-state index in [9.17, 15) is 9.59 Å². The number of Topliss-reactive ketones (excluding diaryl/α,β-unsaturated/α-hetero) is 1. The van der Waals surface area contributed by atoms with Crippen LogP contribution in [-0.2, 0) is 29.6 Å². The molecule has 9 heteroatoms. The van der Waals surface area contributed by atoms with Gasteiger partial charge >= 0.3 is 12.1 Å². The Balaban J connectivity index is 0.000000706. The molecule has 4 rings (SSSR count). The number of hydrogen-bond donors (Lipinski definition) is 1. The minimum Gasteiger partial charge on any atom is -0.465 e. The van der Waals surface area contributed by atoms with Crippen LogP contribution in [0.5, 0.6) is 0 Å². The largest absolute Gasteiger partial charge is 0.465 e. The van der Waals surface area contributed by atoms with Gasteiger partial charge in [0, 0.05) is 22.5 Å². The highest BCUT2D eigenvalue weighted by Gasteiger charge is 2.53. The van der Waals surface area contributed by atoms with E-state index < -0.39 is 11.8 Å². The number of methoxy groups -OCH3 is 1. The zero-order valence-corrected chi connectivity index (χ0v) is 15.6. The fourth-order valence-electron chi connectivity index (χ4n) is 3.50. The van der Waals surface area contributed by atoms with Gasteiger partial charge < -0.3 is 19.2 Å². The Morgan fingerprint density at radius 3 is 2.50 bits per heavy atom. The van der Waals surface area contributed by atoms with Crippen LogP contribution in [0.3, 0.4) is 0 Å². The topological polar surface area (TPSA) is 125 Å². The van der Waals surface area contributed by atoms with Crippen molar-refractivity contribution in [1.29, 1.82) is 0 Å². The first kappa shape index (κ1) is 19.6. The number of fused-ring (bicyclic) bond motifs is 4. The minimum atomic E-state index is -1.50. The second kappa shape index (κ2) is 7.47. The summed E-state index contributed by atoms with van der Waals surface area (Å²) >= 11 is 0. The molecule has 9 nitrogen and oxygen atoms in total. The first-order valence-electron chi connectivity index (χ1n) is 8.52. The van der Waals surface area contributed by atoms with Crippen LogP contribution in [0.15, 0.2) is 12.1 Å². The molecule has 0 aromatic carbocycles. The molecule has 0 atom stereocenters. The number of aromatic amines is 1. The molecule has 0 saturated carbocycles. The van der Waals surface area contributed by atoms with Crippen LogP contribution in [0.2, 0.25) is 0 Å². The molecule has 1 aliphatic carbocycles. The van der Waals surface area contributed by atoms with Crippen LogP contribution >= 0.6 is 0 Å². The summed E-state index contributed by atoms with van der Waals surface area (Å²) in [6.45, 7) is 4.43. The monoisotopic (exact) mass is 386 g/mol. The number of ketones is 1. The molecule has 1 spiro atoms. The summed E-state index contributed by atoms with van der Waals surface area (Å²) in [7, 11) is 1.31. The van der Waals surface area contributed by atoms with Crippen LogP contribution in [-0.4, -0.2) is 48.2 Å². The number of carbonyl (C=O) groups excluding carboxylic acids is 4. The molecule has 1 saturated heterocycles. The molecule has 1 aliphatic heterocycles. The van der Waals surface area contributed by atoms with Crippen molar-refractivity contribution in [3.05, 3.63) is 40.3 Å². The van der Waals surface area contributed by atoms with Gasteiger partial charge in [0.05, 0.1) is 31.6 Å². The summed E-state index contributed by atoms with van der Waals surface area (Å²) in [4.78, 5) is 49.5. The van der Waals surface area contributed by atoms with Crippen molar-refractivity contribution in [2.24, 2.45) is 0 Å². The molecular formula is C19H18N2O7. The van der Waals surface area contributed by atoms with Crippen LogP contribution in [0.1, 0.15) is 44.2 Å². The second-order valence-corrected chi connectivity index (χ2v) is 6.35. The van der Waals surface area contributed by atoms with Crippen molar-refractivity contribution in [2.45, 2.75) is 26.1 Å². The number of hydrogen-bond acceptors (Lipinski definition) is 8. The number of rotatable bonds is 1. The Labute approximate surface area is 160 Å². The third kappa shape index (κ3) is 2.95. The number of esters is 1. The van der Waals surface area contributed by atoms with Crippen LogP contribution in [0, 0.1) is 13.8 Å². The Bertz CT molecular complexity index is 980. The van der Waals surface area contributed by atoms with Gasteiger partial charge in [0.25, 0.3) is 5.79 Å². The number of nitrogens with zero attached hydrogens (tertiary/aromatic N) is 1. The van der Waals surface area contributed by atoms with Crippen LogP contribution < -0.4 is 0 Å². The lowest BCUT2D eigenvalue weighted by Crippen LogP contribution is -2.47. The summed E-state index contributed by atoms with van der Waals surface area (Å²) in [6.07, 6.45) is 0.968. The summed E-state index contributed by atoms with van der Waals surface area (Å²) < 4.78 is 16.6. The smallest absolute Gasteiger partial charge is 0.373 e. The molecular weight excluding hydrogens is 368 g/mol. The van der Waals surface area contributed by atoms with E-state index in [4.69, 9.17) is 23.8 Å². The number of carbonyl (C=O) groups is 2. The predicted octanol–water partition coefficient (Wildman–Crippen LogP) is 1.68. The Morgan fingerprint density at radius 1 is 1.25 bits per heavy atom. The normalized spacial score (nSPS) is 16.3. The van der Waals surface area contributed by atoms with Crippen LogP contribution in [0.25, 0.3) is 11.3 Å². The highest BCUT2D eigenvalue weighted by Crippen LogP contribution is 2.46. The molecule has 146 valence electrons. The summed E-state index contributed by atoms with van der Waals surface area (Å²) in [5.74, 6) is -2.41. The van der Waals surface area contributed by atoms with Gasteiger partial charge in [-0.3, -0.25) is 4.79 Å². The molecule has 1 fully saturated rings. The van der Waals surface area contributed by atoms with Gasteiger partial charge in [0.1, 0.15) is 5.69 Å². The molecule has 3 heterocycles. The standard InChI is InChI=1S/C18H18N2O5.CO2/c1-9-7-11(17(22)23-3)13-14-12(8-10(2)19-14)18(16(21)15(13)20-9)24-5-4-6-25-18;2-1-3/h7-8,19H,4-6H2,1-3H3;. The number of ether oxygens (including phenoxy) is 3. The van der Waals surface area contributed by atoms with Gasteiger partial charge in [-0.2, -0.15) is 9.59 Å². The SMILES string of the molecule is COC(=O)c1cc(C)nc2c1-c1[nH]c(C)cc1C1(OCCCO1)C2=O.O=C=O. The molecule has 0 unspecified atom stereocenters. The second-order valence-electron chi connectivity index (χ2n) is 6.35. The van der Waals surface area contributed by atoms with Crippen molar-refractivity contribution in [2.75, 3.05) is 20.3 Å². The lowest BCUT2D eigenvalue weighted by atomic mass is 9.84. The highest BCUT2D eigenvalue weighted by atomic mass is 16.7. The number of H-pyrrole nitrogens is 1. The highest BCUT2D eigenvalue weighted by molar-refractivity contribution is 6.13. The molecule has 0 bridgehead atoms. The molecule has 0 radical (unpaired) electrons. The molecule has 2 aliphatic rings. The van der Waals surface area contributed by atoms with Gasteiger partial charge in [-0.25, -0.2) is 9.78 Å². The summed E-state index contributed by atoms with van der Waals surface area (Å²) in [5, 5.41) is 0. The van der Waals surface area contributed by atoms with Gasteiger partial charge in [-0.05, 0) is 32.4 Å². The maximum absolute atomic E-state index is 13.3. The lowest BCUT2D eigenvalue weighted by molar-refractivity contribution is -0.240. The Hall–Kier alpha value is -3.13. The van der Waals surface area contributed by atoms with Crippen LogP contribution in [0.4, 0.5) is 0 Å². The van der Waals surface area contributed by atoms with E-state index in [0.29, 0.717) is 41.3 Å². The molecule has 28 heavy (non-hydrogen) atoms. The van der Waals surface area contributed by atoms with Gasteiger partial charge in [0.15, 0.2) is 0 Å². The number of nitrogens with one attached hydrogen (secondary N) is 1. The third-order valence-corrected chi connectivity index (χ3v) is 4.52. The quantitative estimate of drug-likeness (QED) is 0.734. The van der Waals surface area contributed by atoms with Crippen molar-refractivity contribution >= 4 is 17.9 Å². The first-order chi connectivity index (χ1) is 13.4. The average Bonchev–Trinajstić information content (AvgIpc) is 3.08. The maximum Gasteiger partial charge on any atom is 0.373 e. The van der Waals surface area contributed by atoms with E-state index in [-0.39, 0.29) is 17.6 Å². The zero-order valence-electron chi connectivity index (χ0n) is 15.6. The molecule has 2 aromatic rings. The van der Waals surface area contributed by atoms with Gasteiger partial charge in [0.2, 0.25) is 5.78 Å². The van der Waals surface area contributed by atoms with E-state index in [2.05, 4.69) is 9.97 Å². The zero-order chi connectivity index (χ0) is 20.5. The fraction of sp³-hybridized carbons (Fsp3) is 0.368. The van der Waals surface area contributed by atoms with Crippen molar-refractivity contribution in [3.63, 3.8) is 0 Å². The average molecular weight is 386 g/mol. The van der Waals surface area contributed by atoms with Gasteiger partial charge in [-0.15, -0.1) is 0 Å². The number of pyridine rings is 1.